The van der Waals surface area contributed by atoms with Crippen LogP contribution in [0.25, 0.3) is 6.08 Å². The first-order valence-corrected chi connectivity index (χ1v) is 5.72. The summed E-state index contributed by atoms with van der Waals surface area (Å²) in [7, 11) is 4.09. The molecule has 16 heavy (non-hydrogen) atoms. The van der Waals surface area contributed by atoms with Gasteiger partial charge in [0.15, 0.2) is 0 Å². The summed E-state index contributed by atoms with van der Waals surface area (Å²) in [5.74, 6) is 0.513. The van der Waals surface area contributed by atoms with Gasteiger partial charge in [0.1, 0.15) is 0 Å². The monoisotopic (exact) mass is 218 g/mol. The predicted molar refractivity (Wildman–Crippen MR) is 72.6 cm³/mol. The van der Waals surface area contributed by atoms with Gasteiger partial charge in [-0.3, -0.25) is 0 Å². The number of benzene rings is 1. The average molecular weight is 218 g/mol. The minimum Gasteiger partial charge on any atom is -0.378 e. The second kappa shape index (κ2) is 5.71. The molecule has 0 atom stereocenters. The third-order valence-electron chi connectivity index (χ3n) is 2.74. The Morgan fingerprint density at radius 2 is 1.81 bits per heavy atom. The van der Waals surface area contributed by atoms with Crippen molar-refractivity contribution >= 4 is 11.8 Å². The van der Waals surface area contributed by atoms with Crippen LogP contribution in [0.15, 0.2) is 29.8 Å². The fourth-order valence-electron chi connectivity index (χ4n) is 1.54. The molecule has 0 spiro atoms. The molecule has 0 saturated heterocycles. The lowest BCUT2D eigenvalue weighted by Gasteiger charge is -2.13. The third-order valence-corrected chi connectivity index (χ3v) is 2.74. The Balaban J connectivity index is 2.89. The van der Waals surface area contributed by atoms with Gasteiger partial charge < -0.3 is 10.6 Å². The van der Waals surface area contributed by atoms with Crippen LogP contribution in [-0.4, -0.2) is 20.6 Å². The highest BCUT2D eigenvalue weighted by atomic mass is 15.1. The molecule has 0 bridgehead atoms. The van der Waals surface area contributed by atoms with E-state index in [4.69, 9.17) is 5.73 Å². The Bertz CT molecular complexity index is 348. The number of nitrogens with two attached hydrogens (primary N) is 1. The normalized spacial score (nSPS) is 12.0. The Labute approximate surface area is 98.8 Å². The lowest BCUT2D eigenvalue weighted by molar-refractivity contribution is 0.753. The SMILES string of the molecule is CC(C)C(=Cc1ccc(N(C)C)cc1)CN. The quantitative estimate of drug-likeness (QED) is 0.842. The fraction of sp³-hybridized carbons (Fsp3) is 0.429. The van der Waals surface area contributed by atoms with Gasteiger partial charge in [0, 0.05) is 26.3 Å². The van der Waals surface area contributed by atoms with E-state index in [0.717, 1.165) is 0 Å². The lowest BCUT2D eigenvalue weighted by atomic mass is 10.0. The Morgan fingerprint density at radius 3 is 2.19 bits per heavy atom. The molecule has 1 rings (SSSR count). The van der Waals surface area contributed by atoms with Crippen molar-refractivity contribution in [3.63, 3.8) is 0 Å². The Hall–Kier alpha value is -1.28. The molecule has 0 aliphatic heterocycles. The molecule has 1 aromatic carbocycles. The average Bonchev–Trinajstić information content (AvgIpc) is 2.26. The summed E-state index contributed by atoms with van der Waals surface area (Å²) >= 11 is 0. The second-order valence-electron chi connectivity index (χ2n) is 4.56. The van der Waals surface area contributed by atoms with Crippen LogP contribution in [0.1, 0.15) is 19.4 Å². The molecule has 0 heterocycles. The number of hydrogen-bond donors (Lipinski definition) is 1. The van der Waals surface area contributed by atoms with E-state index in [1.807, 2.05) is 14.1 Å². The molecule has 0 radical (unpaired) electrons. The number of anilines is 1. The van der Waals surface area contributed by atoms with Gasteiger partial charge >= 0.3 is 0 Å². The number of nitrogens with zero attached hydrogens (tertiary/aromatic N) is 1. The van der Waals surface area contributed by atoms with Gasteiger partial charge in [0.25, 0.3) is 0 Å². The molecule has 2 N–H and O–H groups in total. The van der Waals surface area contributed by atoms with Crippen molar-refractivity contribution in [2.24, 2.45) is 11.7 Å². The maximum absolute atomic E-state index is 5.72. The first-order chi connectivity index (χ1) is 7.54. The van der Waals surface area contributed by atoms with Crippen molar-refractivity contribution in [2.75, 3.05) is 25.5 Å². The first-order valence-electron chi connectivity index (χ1n) is 5.72. The molecule has 0 aromatic heterocycles. The van der Waals surface area contributed by atoms with E-state index in [-0.39, 0.29) is 0 Å². The molecule has 0 amide bonds. The van der Waals surface area contributed by atoms with Crippen molar-refractivity contribution in [2.45, 2.75) is 13.8 Å². The van der Waals surface area contributed by atoms with Crippen LogP contribution in [0.4, 0.5) is 5.69 Å². The number of hydrogen-bond acceptors (Lipinski definition) is 2. The van der Waals surface area contributed by atoms with Crippen molar-refractivity contribution < 1.29 is 0 Å². The molecule has 0 aliphatic carbocycles. The molecule has 0 saturated carbocycles. The summed E-state index contributed by atoms with van der Waals surface area (Å²) < 4.78 is 0. The fourth-order valence-corrected chi connectivity index (χ4v) is 1.54. The highest BCUT2D eigenvalue weighted by Crippen LogP contribution is 2.17. The zero-order valence-electron chi connectivity index (χ0n) is 10.7. The van der Waals surface area contributed by atoms with Crippen LogP contribution >= 0.6 is 0 Å². The third kappa shape index (κ3) is 3.38. The topological polar surface area (TPSA) is 29.3 Å². The van der Waals surface area contributed by atoms with Crippen LogP contribution in [0, 0.1) is 5.92 Å². The van der Waals surface area contributed by atoms with Gasteiger partial charge in [-0.25, -0.2) is 0 Å². The second-order valence-corrected chi connectivity index (χ2v) is 4.56. The molecular formula is C14H22N2. The van der Waals surface area contributed by atoms with Crippen molar-refractivity contribution in [1.82, 2.24) is 0 Å². The maximum Gasteiger partial charge on any atom is 0.0361 e. The highest BCUT2D eigenvalue weighted by molar-refractivity contribution is 5.58. The molecule has 0 aliphatic rings. The largest absolute Gasteiger partial charge is 0.378 e. The van der Waals surface area contributed by atoms with Gasteiger partial charge in [-0.1, -0.05) is 37.6 Å². The van der Waals surface area contributed by atoms with Crippen molar-refractivity contribution in [1.29, 1.82) is 0 Å². The summed E-state index contributed by atoms with van der Waals surface area (Å²) in [5.41, 5.74) is 9.45. The summed E-state index contributed by atoms with van der Waals surface area (Å²) in [5, 5.41) is 0. The van der Waals surface area contributed by atoms with Gasteiger partial charge in [0.2, 0.25) is 0 Å². The van der Waals surface area contributed by atoms with E-state index in [1.54, 1.807) is 0 Å². The van der Waals surface area contributed by atoms with Gasteiger partial charge in [-0.2, -0.15) is 0 Å². The standard InChI is InChI=1S/C14H22N2/c1-11(2)13(10-15)9-12-5-7-14(8-6-12)16(3)4/h5-9,11H,10,15H2,1-4H3. The van der Waals surface area contributed by atoms with Crippen molar-refractivity contribution in [3.05, 3.63) is 35.4 Å². The molecule has 2 nitrogen and oxygen atoms in total. The van der Waals surface area contributed by atoms with E-state index in [1.165, 1.54) is 16.8 Å². The summed E-state index contributed by atoms with van der Waals surface area (Å²) in [6.07, 6.45) is 2.18. The summed E-state index contributed by atoms with van der Waals surface area (Å²) in [6.45, 7) is 4.98. The van der Waals surface area contributed by atoms with E-state index in [0.29, 0.717) is 12.5 Å². The molecule has 2 heteroatoms. The van der Waals surface area contributed by atoms with Crippen LogP contribution in [0.5, 0.6) is 0 Å². The van der Waals surface area contributed by atoms with Gasteiger partial charge in [-0.05, 0) is 23.6 Å². The van der Waals surface area contributed by atoms with Gasteiger partial charge in [-0.15, -0.1) is 0 Å². The van der Waals surface area contributed by atoms with Crippen LogP contribution < -0.4 is 10.6 Å². The number of rotatable bonds is 4. The summed E-state index contributed by atoms with van der Waals surface area (Å²) in [4.78, 5) is 2.10. The Morgan fingerprint density at radius 1 is 1.25 bits per heavy atom. The summed E-state index contributed by atoms with van der Waals surface area (Å²) in [6, 6.07) is 8.52. The van der Waals surface area contributed by atoms with E-state index >= 15 is 0 Å². The minimum atomic E-state index is 0.513. The molecule has 0 fully saturated rings. The van der Waals surface area contributed by atoms with E-state index < -0.39 is 0 Å². The predicted octanol–water partition coefficient (Wildman–Crippen LogP) is 2.75. The molecule has 0 unspecified atom stereocenters. The van der Waals surface area contributed by atoms with Crippen molar-refractivity contribution in [3.8, 4) is 0 Å². The molecular weight excluding hydrogens is 196 g/mol. The van der Waals surface area contributed by atoms with Crippen LogP contribution in [-0.2, 0) is 0 Å². The first kappa shape index (κ1) is 12.8. The van der Waals surface area contributed by atoms with Crippen LogP contribution in [0.3, 0.4) is 0 Å². The molecule has 88 valence electrons. The minimum absolute atomic E-state index is 0.513. The van der Waals surface area contributed by atoms with E-state index in [9.17, 15) is 0 Å². The smallest absolute Gasteiger partial charge is 0.0361 e. The lowest BCUT2D eigenvalue weighted by Crippen LogP contribution is -2.09. The van der Waals surface area contributed by atoms with E-state index in [2.05, 4.69) is 49.1 Å². The zero-order valence-corrected chi connectivity index (χ0v) is 10.7. The van der Waals surface area contributed by atoms with Gasteiger partial charge in [0.05, 0.1) is 0 Å². The highest BCUT2D eigenvalue weighted by Gasteiger charge is 2.01. The molecule has 1 aromatic rings. The zero-order chi connectivity index (χ0) is 12.1. The maximum atomic E-state index is 5.72. The van der Waals surface area contributed by atoms with Crippen LogP contribution in [0.2, 0.25) is 0 Å². The Kier molecular flexibility index (Phi) is 4.56.